The van der Waals surface area contributed by atoms with Crippen LogP contribution in [0.3, 0.4) is 0 Å². The van der Waals surface area contributed by atoms with Crippen molar-refractivity contribution in [2.45, 2.75) is 37.8 Å². The number of allylic oxidation sites excluding steroid dienone is 2. The molecule has 1 aliphatic carbocycles. The van der Waals surface area contributed by atoms with Crippen molar-refractivity contribution >= 4 is 23.4 Å². The van der Waals surface area contributed by atoms with Gasteiger partial charge >= 0.3 is 0 Å². The van der Waals surface area contributed by atoms with Crippen LogP contribution in [0.5, 0.6) is 0 Å². The molecule has 0 fully saturated rings. The molecule has 1 aliphatic heterocycles. The highest BCUT2D eigenvalue weighted by molar-refractivity contribution is 7.98. The third-order valence-corrected chi connectivity index (χ3v) is 5.51. The van der Waals surface area contributed by atoms with E-state index < -0.39 is 5.92 Å². The Balaban J connectivity index is 1.98. The number of fused-ring (bicyclic) bond motifs is 1. The predicted octanol–water partition coefficient (Wildman–Crippen LogP) is 3.09. The summed E-state index contributed by atoms with van der Waals surface area (Å²) in [5.74, 6) is 0.216. The number of nitrogens with zero attached hydrogens (tertiary/aromatic N) is 2. The Hall–Kier alpha value is -2.41. The van der Waals surface area contributed by atoms with Crippen LogP contribution in [0, 0.1) is 5.41 Å². The van der Waals surface area contributed by atoms with Crippen molar-refractivity contribution < 1.29 is 4.79 Å². The molecule has 1 atom stereocenters. The molecule has 134 valence electrons. The van der Waals surface area contributed by atoms with Crippen molar-refractivity contribution in [3.05, 3.63) is 57.3 Å². The Labute approximate surface area is 155 Å². The predicted molar refractivity (Wildman–Crippen MR) is 101 cm³/mol. The smallest absolute Gasteiger partial charge is 0.257 e. The quantitative estimate of drug-likeness (QED) is 0.626. The first-order valence-corrected chi connectivity index (χ1v) is 9.73. The lowest BCUT2D eigenvalue weighted by molar-refractivity contribution is -0.118. The average Bonchev–Trinajstić information content (AvgIpc) is 2.59. The van der Waals surface area contributed by atoms with E-state index in [9.17, 15) is 9.59 Å². The van der Waals surface area contributed by atoms with Crippen LogP contribution in [0.4, 0.5) is 5.82 Å². The van der Waals surface area contributed by atoms with E-state index in [1.807, 2.05) is 18.4 Å². The Kier molecular flexibility index (Phi) is 3.99. The number of hydrogen-bond acceptors (Lipinski definition) is 6. The van der Waals surface area contributed by atoms with Crippen molar-refractivity contribution in [1.29, 1.82) is 0 Å². The lowest BCUT2D eigenvalue weighted by atomic mass is 9.69. The first-order chi connectivity index (χ1) is 12.4. The van der Waals surface area contributed by atoms with Gasteiger partial charge in [0, 0.05) is 36.0 Å². The zero-order valence-electron chi connectivity index (χ0n) is 14.9. The molecule has 2 aromatic rings. The second-order valence-corrected chi connectivity index (χ2v) is 8.30. The topological polar surface area (TPSA) is 87.7 Å². The highest BCUT2D eigenvalue weighted by Gasteiger charge is 2.42. The van der Waals surface area contributed by atoms with Gasteiger partial charge < -0.3 is 10.3 Å². The van der Waals surface area contributed by atoms with Gasteiger partial charge in [-0.3, -0.25) is 14.6 Å². The summed E-state index contributed by atoms with van der Waals surface area (Å²) >= 11 is 1.38. The Morgan fingerprint density at radius 3 is 2.62 bits per heavy atom. The van der Waals surface area contributed by atoms with Gasteiger partial charge in [0.2, 0.25) is 0 Å². The minimum absolute atomic E-state index is 0.0876. The number of pyridine rings is 1. The van der Waals surface area contributed by atoms with Gasteiger partial charge in [-0.1, -0.05) is 25.6 Å². The van der Waals surface area contributed by atoms with E-state index in [1.54, 1.807) is 12.4 Å². The summed E-state index contributed by atoms with van der Waals surface area (Å²) in [6.45, 7) is 4.18. The lowest BCUT2D eigenvalue weighted by Gasteiger charge is -2.38. The summed E-state index contributed by atoms with van der Waals surface area (Å²) in [5.41, 5.74) is 2.62. The van der Waals surface area contributed by atoms with Gasteiger partial charge in [-0.15, -0.1) is 0 Å². The van der Waals surface area contributed by atoms with Crippen molar-refractivity contribution in [3.8, 4) is 0 Å². The molecule has 0 bridgehead atoms. The first kappa shape index (κ1) is 17.0. The fourth-order valence-electron chi connectivity index (χ4n) is 3.88. The monoisotopic (exact) mass is 368 g/mol. The molecule has 0 radical (unpaired) electrons. The Bertz CT molecular complexity index is 979. The fourth-order valence-corrected chi connectivity index (χ4v) is 4.26. The molecule has 0 saturated carbocycles. The number of H-pyrrole nitrogens is 1. The van der Waals surface area contributed by atoms with Crippen LogP contribution in [0.25, 0.3) is 0 Å². The fraction of sp³-hybridized carbons (Fsp3) is 0.368. The average molecular weight is 368 g/mol. The molecule has 7 heteroatoms. The van der Waals surface area contributed by atoms with Gasteiger partial charge in [-0.2, -0.15) is 0 Å². The Morgan fingerprint density at radius 1 is 1.19 bits per heavy atom. The third kappa shape index (κ3) is 2.76. The van der Waals surface area contributed by atoms with Gasteiger partial charge in [0.25, 0.3) is 5.56 Å². The van der Waals surface area contributed by atoms with E-state index >= 15 is 0 Å². The largest absolute Gasteiger partial charge is 0.343 e. The summed E-state index contributed by atoms with van der Waals surface area (Å²) < 4.78 is 0. The van der Waals surface area contributed by atoms with Crippen LogP contribution >= 0.6 is 11.8 Å². The summed E-state index contributed by atoms with van der Waals surface area (Å²) in [7, 11) is 0. The lowest BCUT2D eigenvalue weighted by Crippen LogP contribution is -2.37. The van der Waals surface area contributed by atoms with E-state index in [4.69, 9.17) is 0 Å². The van der Waals surface area contributed by atoms with Crippen LogP contribution in [-0.4, -0.2) is 27.0 Å². The number of aromatic amines is 1. The van der Waals surface area contributed by atoms with E-state index in [0.717, 1.165) is 17.7 Å². The molecule has 0 amide bonds. The maximum atomic E-state index is 13.0. The number of nitrogens with one attached hydrogen (secondary N) is 2. The molecule has 6 nitrogen and oxygen atoms in total. The van der Waals surface area contributed by atoms with Gasteiger partial charge in [0.05, 0.1) is 5.56 Å². The van der Waals surface area contributed by atoms with Crippen LogP contribution < -0.4 is 10.9 Å². The zero-order valence-corrected chi connectivity index (χ0v) is 15.7. The minimum atomic E-state index is -0.417. The maximum absolute atomic E-state index is 13.0. The van der Waals surface area contributed by atoms with Crippen molar-refractivity contribution in [1.82, 2.24) is 15.0 Å². The number of hydrogen-bond donors (Lipinski definition) is 2. The van der Waals surface area contributed by atoms with Crippen molar-refractivity contribution in [2.24, 2.45) is 5.41 Å². The molecule has 0 aromatic carbocycles. The van der Waals surface area contributed by atoms with E-state index in [1.165, 1.54) is 11.8 Å². The molecule has 4 rings (SSSR count). The Morgan fingerprint density at radius 2 is 1.92 bits per heavy atom. The zero-order chi connectivity index (χ0) is 18.5. The molecule has 26 heavy (non-hydrogen) atoms. The van der Waals surface area contributed by atoms with Gasteiger partial charge in [-0.25, -0.2) is 4.98 Å². The second-order valence-electron chi connectivity index (χ2n) is 7.51. The standard InChI is InChI=1S/C19H20N4O2S/c1-19(2)8-11-14(12(24)9-19)13(10-4-6-20-7-5-10)15-16(21-11)22-18(26-3)23-17(15)25/h4-7,13H,8-9H2,1-3H3,(H2,21,22,23,25). The first-order valence-electron chi connectivity index (χ1n) is 8.51. The molecule has 2 aromatic heterocycles. The molecule has 1 unspecified atom stereocenters. The summed E-state index contributed by atoms with van der Waals surface area (Å²) in [6.07, 6.45) is 6.46. The molecule has 0 saturated heterocycles. The van der Waals surface area contributed by atoms with Crippen LogP contribution in [0.2, 0.25) is 0 Å². The highest BCUT2D eigenvalue weighted by Crippen LogP contribution is 2.47. The second kappa shape index (κ2) is 6.09. The molecule has 3 heterocycles. The summed E-state index contributed by atoms with van der Waals surface area (Å²) in [4.78, 5) is 37.3. The van der Waals surface area contributed by atoms with E-state index in [2.05, 4.69) is 34.1 Å². The SMILES string of the molecule is CSc1nc2c(c(=O)[nH]1)C(c1ccncc1)C1=C(CC(C)(C)CC1=O)N2. The normalized spacial score (nSPS) is 21.0. The number of carbonyl (C=O) groups excluding carboxylic acids is 1. The molecule has 2 N–H and O–H groups in total. The van der Waals surface area contributed by atoms with Gasteiger partial charge in [0.15, 0.2) is 10.9 Å². The number of ketones is 1. The third-order valence-electron chi connectivity index (χ3n) is 4.93. The van der Waals surface area contributed by atoms with Crippen molar-refractivity contribution in [2.75, 3.05) is 11.6 Å². The molecular weight excluding hydrogens is 348 g/mol. The van der Waals surface area contributed by atoms with Crippen LogP contribution in [0.1, 0.15) is 43.7 Å². The van der Waals surface area contributed by atoms with Crippen LogP contribution in [-0.2, 0) is 4.79 Å². The van der Waals surface area contributed by atoms with E-state index in [-0.39, 0.29) is 16.8 Å². The number of thioether (sulfide) groups is 1. The van der Waals surface area contributed by atoms with Gasteiger partial charge in [0.1, 0.15) is 5.82 Å². The number of rotatable bonds is 2. The number of Topliss-reactive ketones (excluding diaryl/α,β-unsaturated/α-hetero) is 1. The van der Waals surface area contributed by atoms with Gasteiger partial charge in [-0.05, 0) is 35.8 Å². The number of anilines is 1. The summed E-state index contributed by atoms with van der Waals surface area (Å²) in [6, 6.07) is 3.72. The van der Waals surface area contributed by atoms with E-state index in [0.29, 0.717) is 28.5 Å². The maximum Gasteiger partial charge on any atom is 0.257 e. The van der Waals surface area contributed by atoms with Crippen molar-refractivity contribution in [3.63, 3.8) is 0 Å². The minimum Gasteiger partial charge on any atom is -0.343 e. The summed E-state index contributed by atoms with van der Waals surface area (Å²) in [5, 5.41) is 3.85. The highest BCUT2D eigenvalue weighted by atomic mass is 32.2. The number of carbonyl (C=O) groups is 1. The molecule has 2 aliphatic rings. The number of aromatic nitrogens is 3. The molecular formula is C19H20N4O2S. The van der Waals surface area contributed by atoms with Crippen LogP contribution in [0.15, 0.2) is 45.7 Å². The molecule has 0 spiro atoms.